The highest BCUT2D eigenvalue weighted by Gasteiger charge is 2.36. The Balaban J connectivity index is 1.16. The molecule has 1 N–H and O–H groups in total. The summed E-state index contributed by atoms with van der Waals surface area (Å²) in [4.78, 5) is 15.4. The Bertz CT molecular complexity index is 1080. The summed E-state index contributed by atoms with van der Waals surface area (Å²) < 4.78 is 27.9. The number of hydrogen-bond acceptors (Lipinski definition) is 4. The number of anilines is 1. The lowest BCUT2D eigenvalue weighted by Gasteiger charge is -2.32. The Morgan fingerprint density at radius 1 is 0.906 bits per heavy atom. The zero-order valence-corrected chi connectivity index (χ0v) is 19.2. The zero-order valence-electron chi connectivity index (χ0n) is 18.4. The molecule has 0 bridgehead atoms. The first-order chi connectivity index (χ1) is 15.5. The maximum Gasteiger partial charge on any atom is 0.243 e. The second-order valence-electron chi connectivity index (χ2n) is 9.24. The predicted octanol–water partition coefficient (Wildman–Crippen LogP) is 3.29. The third-order valence-electron chi connectivity index (χ3n) is 7.16. The molecule has 2 aromatic carbocycles. The van der Waals surface area contributed by atoms with Crippen LogP contribution in [0.15, 0.2) is 53.4 Å². The minimum Gasteiger partial charge on any atom is -0.380 e. The van der Waals surface area contributed by atoms with E-state index < -0.39 is 10.0 Å². The van der Waals surface area contributed by atoms with Gasteiger partial charge in [0.25, 0.3) is 0 Å². The standard InChI is InChI=1S/C25H31N3O3S/c29-25(27-14-13-23(18-27)26-22-7-2-1-3-8-22)20-11-15-28(16-12-20)32(30,31)24-10-9-19-5-4-6-21(19)17-24/h1-3,7-10,17,20,23,26H,4-6,11-16,18H2. The fourth-order valence-corrected chi connectivity index (χ4v) is 6.83. The average molecular weight is 454 g/mol. The first kappa shape index (κ1) is 21.5. The smallest absolute Gasteiger partial charge is 0.243 e. The third-order valence-corrected chi connectivity index (χ3v) is 9.05. The van der Waals surface area contributed by atoms with E-state index in [0.29, 0.717) is 37.4 Å². The van der Waals surface area contributed by atoms with Gasteiger partial charge in [0.05, 0.1) is 4.90 Å². The van der Waals surface area contributed by atoms with Crippen LogP contribution < -0.4 is 5.32 Å². The molecule has 2 heterocycles. The molecule has 2 aromatic rings. The molecule has 1 atom stereocenters. The Labute approximate surface area is 190 Å². The molecule has 2 aliphatic heterocycles. The Morgan fingerprint density at radius 3 is 2.44 bits per heavy atom. The van der Waals surface area contributed by atoms with E-state index in [2.05, 4.69) is 5.32 Å². The molecule has 0 radical (unpaired) electrons. The Morgan fingerprint density at radius 2 is 1.66 bits per heavy atom. The van der Waals surface area contributed by atoms with Crippen LogP contribution in [0.1, 0.15) is 36.8 Å². The highest BCUT2D eigenvalue weighted by Crippen LogP contribution is 2.29. The van der Waals surface area contributed by atoms with Crippen LogP contribution in [0.2, 0.25) is 0 Å². The lowest BCUT2D eigenvalue weighted by atomic mass is 9.96. The van der Waals surface area contributed by atoms with Gasteiger partial charge < -0.3 is 10.2 Å². The predicted molar refractivity (Wildman–Crippen MR) is 125 cm³/mol. The number of sulfonamides is 1. The van der Waals surface area contributed by atoms with Gasteiger partial charge in [-0.25, -0.2) is 8.42 Å². The van der Waals surface area contributed by atoms with Crippen molar-refractivity contribution in [2.45, 2.75) is 49.5 Å². The lowest BCUT2D eigenvalue weighted by Crippen LogP contribution is -2.44. The highest BCUT2D eigenvalue weighted by molar-refractivity contribution is 7.89. The number of likely N-dealkylation sites (tertiary alicyclic amines) is 1. The molecular formula is C25H31N3O3S. The molecule has 5 rings (SSSR count). The minimum absolute atomic E-state index is 0.0862. The first-order valence-corrected chi connectivity index (χ1v) is 13.2. The zero-order chi connectivity index (χ0) is 22.1. The molecule has 0 saturated carbocycles. The summed E-state index contributed by atoms with van der Waals surface area (Å²) in [6, 6.07) is 15.9. The van der Waals surface area contributed by atoms with Crippen molar-refractivity contribution in [1.82, 2.24) is 9.21 Å². The van der Waals surface area contributed by atoms with Crippen LogP contribution in [0.25, 0.3) is 0 Å². The number of piperidine rings is 1. The summed E-state index contributed by atoms with van der Waals surface area (Å²) >= 11 is 0. The van der Waals surface area contributed by atoms with E-state index in [0.717, 1.165) is 37.9 Å². The summed E-state index contributed by atoms with van der Waals surface area (Å²) in [6.07, 6.45) is 5.23. The van der Waals surface area contributed by atoms with Crippen molar-refractivity contribution in [2.24, 2.45) is 5.92 Å². The number of rotatable bonds is 5. The first-order valence-electron chi connectivity index (χ1n) is 11.7. The van der Waals surface area contributed by atoms with Crippen LogP contribution in [0, 0.1) is 5.92 Å². The number of carbonyl (C=O) groups is 1. The van der Waals surface area contributed by atoms with Crippen LogP contribution in [-0.2, 0) is 27.7 Å². The number of para-hydroxylation sites is 1. The van der Waals surface area contributed by atoms with Gasteiger partial charge in [-0.15, -0.1) is 0 Å². The summed E-state index contributed by atoms with van der Waals surface area (Å²) in [5.41, 5.74) is 3.53. The molecule has 6 nitrogen and oxygen atoms in total. The average Bonchev–Trinajstić information content (AvgIpc) is 3.48. The monoisotopic (exact) mass is 453 g/mol. The number of fused-ring (bicyclic) bond motifs is 1. The Hall–Kier alpha value is -2.38. The van der Waals surface area contributed by atoms with Gasteiger partial charge in [-0.2, -0.15) is 4.31 Å². The van der Waals surface area contributed by atoms with Gasteiger partial charge in [-0.05, 0) is 73.9 Å². The summed E-state index contributed by atoms with van der Waals surface area (Å²) in [7, 11) is -3.50. The summed E-state index contributed by atoms with van der Waals surface area (Å²) in [6.45, 7) is 2.29. The second-order valence-corrected chi connectivity index (χ2v) is 11.2. The Kier molecular flexibility index (Phi) is 5.95. The summed E-state index contributed by atoms with van der Waals surface area (Å²) in [5, 5.41) is 3.51. The summed E-state index contributed by atoms with van der Waals surface area (Å²) in [5.74, 6) is 0.0916. The number of benzene rings is 2. The van der Waals surface area contributed by atoms with Gasteiger partial charge in [0.15, 0.2) is 0 Å². The molecule has 1 unspecified atom stereocenters. The molecule has 0 spiro atoms. The largest absolute Gasteiger partial charge is 0.380 e. The van der Waals surface area contributed by atoms with Crippen molar-refractivity contribution in [3.05, 3.63) is 59.7 Å². The molecule has 0 aromatic heterocycles. The molecule has 1 amide bonds. The molecule has 3 aliphatic rings. The van der Waals surface area contributed by atoms with E-state index in [4.69, 9.17) is 0 Å². The fourth-order valence-electron chi connectivity index (χ4n) is 5.31. The number of nitrogens with one attached hydrogen (secondary N) is 1. The molecule has 2 fully saturated rings. The van der Waals surface area contributed by atoms with Crippen LogP contribution in [0.5, 0.6) is 0 Å². The van der Waals surface area contributed by atoms with E-state index in [1.807, 2.05) is 47.4 Å². The van der Waals surface area contributed by atoms with Crippen LogP contribution in [0.4, 0.5) is 5.69 Å². The topological polar surface area (TPSA) is 69.7 Å². The van der Waals surface area contributed by atoms with Crippen molar-refractivity contribution in [3.63, 3.8) is 0 Å². The fraction of sp³-hybridized carbons (Fsp3) is 0.480. The van der Waals surface area contributed by atoms with Gasteiger partial charge in [0.2, 0.25) is 15.9 Å². The quantitative estimate of drug-likeness (QED) is 0.754. The van der Waals surface area contributed by atoms with E-state index in [1.165, 1.54) is 11.1 Å². The highest BCUT2D eigenvalue weighted by atomic mass is 32.2. The van der Waals surface area contributed by atoms with Crippen molar-refractivity contribution in [1.29, 1.82) is 0 Å². The number of nitrogens with zero attached hydrogens (tertiary/aromatic N) is 2. The van der Waals surface area contributed by atoms with Gasteiger partial charge >= 0.3 is 0 Å². The van der Waals surface area contributed by atoms with E-state index in [9.17, 15) is 13.2 Å². The van der Waals surface area contributed by atoms with Crippen molar-refractivity contribution >= 4 is 21.6 Å². The van der Waals surface area contributed by atoms with Crippen molar-refractivity contribution < 1.29 is 13.2 Å². The van der Waals surface area contributed by atoms with Crippen molar-refractivity contribution in [3.8, 4) is 0 Å². The van der Waals surface area contributed by atoms with Gasteiger partial charge in [0.1, 0.15) is 0 Å². The molecule has 170 valence electrons. The van der Waals surface area contributed by atoms with Crippen LogP contribution in [-0.4, -0.2) is 55.8 Å². The van der Waals surface area contributed by atoms with Crippen LogP contribution in [0.3, 0.4) is 0 Å². The number of aryl methyl sites for hydroxylation is 2. The molecule has 32 heavy (non-hydrogen) atoms. The lowest BCUT2D eigenvalue weighted by molar-refractivity contribution is -0.135. The van der Waals surface area contributed by atoms with E-state index in [1.54, 1.807) is 10.4 Å². The van der Waals surface area contributed by atoms with Crippen molar-refractivity contribution in [2.75, 3.05) is 31.5 Å². The van der Waals surface area contributed by atoms with Gasteiger partial charge in [0, 0.05) is 43.8 Å². The van der Waals surface area contributed by atoms with E-state index in [-0.39, 0.29) is 17.9 Å². The SMILES string of the molecule is O=C(C1CCN(S(=O)(=O)c2ccc3c(c2)CCC3)CC1)N1CCC(Nc2ccccc2)C1. The second kappa shape index (κ2) is 8.87. The maximum atomic E-state index is 13.2. The number of amides is 1. The van der Waals surface area contributed by atoms with Crippen LogP contribution >= 0.6 is 0 Å². The number of carbonyl (C=O) groups excluding carboxylic acids is 1. The minimum atomic E-state index is -3.50. The van der Waals surface area contributed by atoms with Gasteiger partial charge in [-0.1, -0.05) is 24.3 Å². The van der Waals surface area contributed by atoms with E-state index >= 15 is 0 Å². The van der Waals surface area contributed by atoms with Gasteiger partial charge in [-0.3, -0.25) is 4.79 Å². The maximum absolute atomic E-state index is 13.2. The third kappa shape index (κ3) is 4.28. The number of hydrogen-bond donors (Lipinski definition) is 1. The molecule has 2 saturated heterocycles. The molecule has 7 heteroatoms. The molecule has 1 aliphatic carbocycles. The normalized spacial score (nSPS) is 22.1. The molecular weight excluding hydrogens is 422 g/mol.